The molecule has 2 heterocycles. The number of rotatable bonds is 1. The number of thioether (sulfide) groups is 1. The van der Waals surface area contributed by atoms with Gasteiger partial charge in [0.05, 0.1) is 10.9 Å². The molecule has 1 N–H and O–H groups in total. The molecule has 0 saturated carbocycles. The lowest BCUT2D eigenvalue weighted by Gasteiger charge is -2.14. The van der Waals surface area contributed by atoms with E-state index in [9.17, 15) is 0 Å². The van der Waals surface area contributed by atoms with E-state index in [1.165, 1.54) is 5.56 Å². The van der Waals surface area contributed by atoms with Gasteiger partial charge >= 0.3 is 0 Å². The van der Waals surface area contributed by atoms with Crippen LogP contribution in [0.4, 0.5) is 0 Å². The molecule has 1 aliphatic heterocycles. The van der Waals surface area contributed by atoms with Crippen LogP contribution in [0.15, 0.2) is 30.5 Å². The molecule has 1 aromatic carbocycles. The number of nitrogens with one attached hydrogen (secondary N) is 1. The zero-order valence-corrected chi connectivity index (χ0v) is 11.1. The normalized spacial score (nSPS) is 24.4. The molecule has 1 fully saturated rings. The van der Waals surface area contributed by atoms with Crippen LogP contribution in [0.2, 0.25) is 5.02 Å². The highest BCUT2D eigenvalue weighted by Crippen LogP contribution is 2.37. The van der Waals surface area contributed by atoms with Gasteiger partial charge in [0.2, 0.25) is 0 Å². The lowest BCUT2D eigenvalue weighted by atomic mass is 10.1. The van der Waals surface area contributed by atoms with E-state index in [1.807, 2.05) is 36.2 Å². The van der Waals surface area contributed by atoms with E-state index < -0.39 is 0 Å². The van der Waals surface area contributed by atoms with Crippen molar-refractivity contribution < 1.29 is 0 Å². The maximum absolute atomic E-state index is 6.20. The van der Waals surface area contributed by atoms with E-state index in [0.717, 1.165) is 21.7 Å². The summed E-state index contributed by atoms with van der Waals surface area (Å²) in [7, 11) is 0. The van der Waals surface area contributed by atoms with Crippen molar-refractivity contribution >= 4 is 34.3 Å². The van der Waals surface area contributed by atoms with Gasteiger partial charge in [-0.3, -0.25) is 10.3 Å². The Balaban J connectivity index is 2.14. The summed E-state index contributed by atoms with van der Waals surface area (Å²) in [6, 6.07) is 8.55. The molecule has 0 aliphatic carbocycles. The fourth-order valence-corrected chi connectivity index (χ4v) is 3.64. The Kier molecular flexibility index (Phi) is 2.99. The van der Waals surface area contributed by atoms with Crippen LogP contribution in [-0.2, 0) is 0 Å². The number of nitrogens with zero attached hydrogens (tertiary/aromatic N) is 1. The van der Waals surface area contributed by atoms with Gasteiger partial charge in [-0.15, -0.1) is 11.8 Å². The number of hydrogen-bond donors (Lipinski definition) is 1. The van der Waals surface area contributed by atoms with Crippen LogP contribution < -0.4 is 5.32 Å². The second kappa shape index (κ2) is 4.48. The zero-order valence-electron chi connectivity index (χ0n) is 9.48. The van der Waals surface area contributed by atoms with Gasteiger partial charge in [-0.05, 0) is 25.1 Å². The first-order chi connectivity index (χ1) is 8.25. The number of hydrogen-bond acceptors (Lipinski definition) is 3. The quantitative estimate of drug-likeness (QED) is 0.852. The number of benzene rings is 1. The predicted octanol–water partition coefficient (Wildman–Crippen LogP) is 3.61. The molecule has 0 spiro atoms. The van der Waals surface area contributed by atoms with Crippen molar-refractivity contribution in [3.05, 3.63) is 41.0 Å². The lowest BCUT2D eigenvalue weighted by Crippen LogP contribution is -2.22. The summed E-state index contributed by atoms with van der Waals surface area (Å²) < 4.78 is 0. The molecule has 1 aromatic heterocycles. The smallest absolute Gasteiger partial charge is 0.0813 e. The molecule has 2 aromatic rings. The van der Waals surface area contributed by atoms with Crippen LogP contribution in [0.3, 0.4) is 0 Å². The summed E-state index contributed by atoms with van der Waals surface area (Å²) in [5.41, 5.74) is 2.25. The van der Waals surface area contributed by atoms with Crippen LogP contribution in [0.1, 0.15) is 17.9 Å². The average Bonchev–Trinajstić information content (AvgIpc) is 2.77. The van der Waals surface area contributed by atoms with Gasteiger partial charge in [0.15, 0.2) is 0 Å². The Labute approximate surface area is 110 Å². The predicted molar refractivity (Wildman–Crippen MR) is 74.5 cm³/mol. The molecule has 3 rings (SSSR count). The molecule has 1 saturated heterocycles. The maximum atomic E-state index is 6.20. The highest BCUT2D eigenvalue weighted by Gasteiger charge is 2.24. The molecule has 2 nitrogen and oxygen atoms in total. The van der Waals surface area contributed by atoms with Crippen LogP contribution in [0.5, 0.6) is 0 Å². The molecule has 0 radical (unpaired) electrons. The van der Waals surface area contributed by atoms with Crippen molar-refractivity contribution in [3.63, 3.8) is 0 Å². The largest absolute Gasteiger partial charge is 0.298 e. The van der Waals surface area contributed by atoms with Crippen LogP contribution in [0.25, 0.3) is 10.9 Å². The second-order valence-corrected chi connectivity index (χ2v) is 5.86. The van der Waals surface area contributed by atoms with E-state index >= 15 is 0 Å². The van der Waals surface area contributed by atoms with Crippen LogP contribution in [0, 0.1) is 0 Å². The van der Waals surface area contributed by atoms with Crippen molar-refractivity contribution in [1.82, 2.24) is 10.3 Å². The Bertz CT molecular complexity index is 558. The molecule has 1 aliphatic rings. The van der Waals surface area contributed by atoms with Gasteiger partial charge in [0.25, 0.3) is 0 Å². The molecule has 17 heavy (non-hydrogen) atoms. The summed E-state index contributed by atoms with van der Waals surface area (Å²) in [4.78, 5) is 4.47. The highest BCUT2D eigenvalue weighted by molar-refractivity contribution is 7.99. The molecular weight excluding hydrogens is 252 g/mol. The third-order valence-corrected chi connectivity index (χ3v) is 4.72. The van der Waals surface area contributed by atoms with Gasteiger partial charge in [0.1, 0.15) is 0 Å². The van der Waals surface area contributed by atoms with E-state index in [4.69, 9.17) is 11.6 Å². The summed E-state index contributed by atoms with van der Waals surface area (Å²) in [6.07, 6.45) is 1.82. The van der Waals surface area contributed by atoms with E-state index in [0.29, 0.717) is 11.4 Å². The van der Waals surface area contributed by atoms with Gasteiger partial charge in [0, 0.05) is 34.0 Å². The number of pyridine rings is 1. The Morgan fingerprint density at radius 1 is 1.41 bits per heavy atom. The van der Waals surface area contributed by atoms with Gasteiger partial charge in [-0.1, -0.05) is 17.7 Å². The summed E-state index contributed by atoms with van der Waals surface area (Å²) in [6.45, 7) is 2.21. The zero-order chi connectivity index (χ0) is 11.8. The summed E-state index contributed by atoms with van der Waals surface area (Å²) in [5, 5.41) is 5.70. The molecule has 4 heteroatoms. The minimum atomic E-state index is 0.333. The van der Waals surface area contributed by atoms with Gasteiger partial charge in [-0.2, -0.15) is 0 Å². The SMILES string of the molecule is CC1CSC(c2ccc(Cl)c3cccnc23)N1. The molecule has 0 amide bonds. The third kappa shape index (κ3) is 2.03. The Morgan fingerprint density at radius 2 is 2.29 bits per heavy atom. The summed E-state index contributed by atoms with van der Waals surface area (Å²) >= 11 is 8.13. The number of fused-ring (bicyclic) bond motifs is 1. The first-order valence-electron chi connectivity index (χ1n) is 5.66. The molecule has 2 unspecified atom stereocenters. The first-order valence-corrected chi connectivity index (χ1v) is 7.09. The van der Waals surface area contributed by atoms with E-state index in [2.05, 4.69) is 23.3 Å². The van der Waals surface area contributed by atoms with Crippen LogP contribution in [-0.4, -0.2) is 16.8 Å². The monoisotopic (exact) mass is 264 g/mol. The molecule has 0 bridgehead atoms. The van der Waals surface area contributed by atoms with Crippen molar-refractivity contribution in [2.24, 2.45) is 0 Å². The fraction of sp³-hybridized carbons (Fsp3) is 0.308. The maximum Gasteiger partial charge on any atom is 0.0813 e. The average molecular weight is 265 g/mol. The Hall–Kier alpha value is -0.770. The highest BCUT2D eigenvalue weighted by atomic mass is 35.5. The second-order valence-electron chi connectivity index (χ2n) is 4.32. The molecular formula is C13H13ClN2S. The van der Waals surface area contributed by atoms with E-state index in [1.54, 1.807) is 0 Å². The van der Waals surface area contributed by atoms with Crippen molar-refractivity contribution in [2.45, 2.75) is 18.3 Å². The van der Waals surface area contributed by atoms with E-state index in [-0.39, 0.29) is 0 Å². The molecule has 88 valence electrons. The van der Waals surface area contributed by atoms with Gasteiger partial charge in [-0.25, -0.2) is 0 Å². The first kappa shape index (κ1) is 11.3. The number of aromatic nitrogens is 1. The standard InChI is InChI=1S/C13H13ClN2S/c1-8-7-17-13(16-8)10-4-5-11(14)9-3-2-6-15-12(9)10/h2-6,8,13,16H,7H2,1H3. The minimum absolute atomic E-state index is 0.333. The topological polar surface area (TPSA) is 24.9 Å². The fourth-order valence-electron chi connectivity index (χ4n) is 2.15. The van der Waals surface area contributed by atoms with Gasteiger partial charge < -0.3 is 0 Å². The minimum Gasteiger partial charge on any atom is -0.298 e. The molecule has 2 atom stereocenters. The van der Waals surface area contributed by atoms with Crippen molar-refractivity contribution in [1.29, 1.82) is 0 Å². The summed E-state index contributed by atoms with van der Waals surface area (Å²) in [5.74, 6) is 1.14. The number of halogens is 1. The van der Waals surface area contributed by atoms with Crippen molar-refractivity contribution in [2.75, 3.05) is 5.75 Å². The van der Waals surface area contributed by atoms with Crippen LogP contribution >= 0.6 is 23.4 Å². The van der Waals surface area contributed by atoms with Crippen molar-refractivity contribution in [3.8, 4) is 0 Å². The third-order valence-electron chi connectivity index (χ3n) is 2.98. The Morgan fingerprint density at radius 3 is 3.06 bits per heavy atom. The lowest BCUT2D eigenvalue weighted by molar-refractivity contribution is 0.620.